The minimum Gasteiger partial charge on any atom is -0.359 e. The maximum absolute atomic E-state index is 12.6. The third-order valence-electron chi connectivity index (χ3n) is 7.42. The van der Waals surface area contributed by atoms with Crippen LogP contribution in [-0.2, 0) is 16.6 Å². The molecule has 4 heterocycles. The van der Waals surface area contributed by atoms with Crippen LogP contribution in [0.4, 0.5) is 16.3 Å². The summed E-state index contributed by atoms with van der Waals surface area (Å²) in [6.07, 6.45) is 6.78. The van der Waals surface area contributed by atoms with E-state index in [1.54, 1.807) is 17.4 Å². The second-order valence-corrected chi connectivity index (χ2v) is 12.6. The average Bonchev–Trinajstić information content (AvgIpc) is 3.68. The number of amides is 3. The van der Waals surface area contributed by atoms with E-state index >= 15 is 0 Å². The number of piperidine rings is 1. The fraction of sp³-hybridized carbons (Fsp3) is 0.355. The van der Waals surface area contributed by atoms with Gasteiger partial charge in [0.25, 0.3) is 0 Å². The number of carbonyl (C=O) groups is 2. The van der Waals surface area contributed by atoms with Crippen LogP contribution in [0.3, 0.4) is 0 Å². The first-order valence-corrected chi connectivity index (χ1v) is 14.9. The van der Waals surface area contributed by atoms with Gasteiger partial charge in [-0.25, -0.2) is 9.78 Å². The highest BCUT2D eigenvalue weighted by Crippen LogP contribution is 2.31. The van der Waals surface area contributed by atoms with E-state index in [-0.39, 0.29) is 11.3 Å². The fourth-order valence-corrected chi connectivity index (χ4v) is 6.07. The van der Waals surface area contributed by atoms with Crippen LogP contribution >= 0.6 is 11.3 Å². The van der Waals surface area contributed by atoms with Crippen molar-refractivity contribution in [1.82, 2.24) is 19.4 Å². The lowest BCUT2D eigenvalue weighted by Crippen LogP contribution is -2.35. The molecule has 2 N–H and O–H groups in total. The topological polar surface area (TPSA) is 105 Å². The number of aromatic nitrogens is 3. The zero-order valence-electron chi connectivity index (χ0n) is 23.6. The summed E-state index contributed by atoms with van der Waals surface area (Å²) in [5.41, 5.74) is 4.53. The van der Waals surface area contributed by atoms with Gasteiger partial charge in [0.1, 0.15) is 5.76 Å². The standard InChI is InChI=1S/C31H34N6O3S/c1-31(2,3)26-18-27(35-40-26)34-29(39)32-22-11-9-21(10-12-22)23-19-37-24-17-20(7-13-25(24)41-30(37)33-23)8-14-28(38)36-15-5-4-6-16-36/h7,9-13,17-19H,4-6,8,14-16H2,1-3H3,(H2,32,34,35,39). The van der Waals surface area contributed by atoms with Crippen molar-refractivity contribution < 1.29 is 14.1 Å². The van der Waals surface area contributed by atoms with Gasteiger partial charge in [0.15, 0.2) is 10.8 Å². The molecule has 1 saturated heterocycles. The molecule has 0 saturated carbocycles. The van der Waals surface area contributed by atoms with Crippen LogP contribution in [0, 0.1) is 0 Å². The van der Waals surface area contributed by atoms with Gasteiger partial charge in [-0.3, -0.25) is 14.5 Å². The first-order chi connectivity index (χ1) is 19.7. The van der Waals surface area contributed by atoms with Crippen LogP contribution in [0.5, 0.6) is 0 Å². The van der Waals surface area contributed by atoms with E-state index in [0.717, 1.165) is 64.4 Å². The van der Waals surface area contributed by atoms with E-state index in [1.807, 2.05) is 56.1 Å². The molecule has 212 valence electrons. The molecule has 41 heavy (non-hydrogen) atoms. The summed E-state index contributed by atoms with van der Waals surface area (Å²) >= 11 is 1.65. The number of aryl methyl sites for hydroxylation is 1. The van der Waals surface area contributed by atoms with Gasteiger partial charge in [0, 0.05) is 48.4 Å². The number of hydrogen-bond donors (Lipinski definition) is 2. The monoisotopic (exact) mass is 570 g/mol. The molecular weight excluding hydrogens is 536 g/mol. The molecule has 5 aromatic rings. The van der Waals surface area contributed by atoms with Gasteiger partial charge in [-0.2, -0.15) is 0 Å². The Morgan fingerprint density at radius 2 is 1.78 bits per heavy atom. The highest BCUT2D eigenvalue weighted by Gasteiger charge is 2.20. The second-order valence-electron chi connectivity index (χ2n) is 11.6. The molecule has 0 bridgehead atoms. The molecule has 3 amide bonds. The van der Waals surface area contributed by atoms with Gasteiger partial charge >= 0.3 is 6.03 Å². The van der Waals surface area contributed by atoms with Crippen molar-refractivity contribution in [2.45, 2.75) is 58.3 Å². The molecule has 0 atom stereocenters. The largest absolute Gasteiger partial charge is 0.359 e. The predicted octanol–water partition coefficient (Wildman–Crippen LogP) is 7.09. The van der Waals surface area contributed by atoms with Gasteiger partial charge in [-0.1, -0.05) is 55.5 Å². The van der Waals surface area contributed by atoms with Crippen LogP contribution in [-0.4, -0.2) is 44.5 Å². The second kappa shape index (κ2) is 11.0. The summed E-state index contributed by atoms with van der Waals surface area (Å²) in [6, 6.07) is 15.3. The summed E-state index contributed by atoms with van der Waals surface area (Å²) in [5, 5.41) is 9.46. The summed E-state index contributed by atoms with van der Waals surface area (Å²) in [4.78, 5) is 32.9. The third kappa shape index (κ3) is 5.97. The molecule has 10 heteroatoms. The van der Waals surface area contributed by atoms with Gasteiger partial charge in [0.2, 0.25) is 5.91 Å². The smallest absolute Gasteiger partial charge is 0.324 e. The molecule has 9 nitrogen and oxygen atoms in total. The Morgan fingerprint density at radius 3 is 2.51 bits per heavy atom. The molecule has 2 aromatic carbocycles. The minimum absolute atomic E-state index is 0.192. The van der Waals surface area contributed by atoms with E-state index in [0.29, 0.717) is 23.7 Å². The Kier molecular flexibility index (Phi) is 7.25. The van der Waals surface area contributed by atoms with Gasteiger partial charge in [-0.15, -0.1) is 0 Å². The number of hydrogen-bond acceptors (Lipinski definition) is 6. The van der Waals surface area contributed by atoms with E-state index in [2.05, 4.69) is 38.4 Å². The first-order valence-electron chi connectivity index (χ1n) is 14.1. The molecule has 1 aliphatic rings. The Morgan fingerprint density at radius 1 is 1.00 bits per heavy atom. The van der Waals surface area contributed by atoms with E-state index < -0.39 is 6.03 Å². The normalized spacial score (nSPS) is 14.1. The Hall–Kier alpha value is -4.18. The highest BCUT2D eigenvalue weighted by atomic mass is 32.1. The van der Waals surface area contributed by atoms with Crippen LogP contribution in [0.1, 0.15) is 57.8 Å². The lowest BCUT2D eigenvalue weighted by Gasteiger charge is -2.26. The number of carbonyl (C=O) groups excluding carboxylic acids is 2. The lowest BCUT2D eigenvalue weighted by molar-refractivity contribution is -0.132. The van der Waals surface area contributed by atoms with E-state index in [4.69, 9.17) is 9.51 Å². The Labute approximate surface area is 242 Å². The maximum atomic E-state index is 12.6. The molecular formula is C31H34N6O3S. The highest BCUT2D eigenvalue weighted by molar-refractivity contribution is 7.23. The quantitative estimate of drug-likeness (QED) is 0.227. The molecule has 0 spiro atoms. The van der Waals surface area contributed by atoms with Crippen molar-refractivity contribution in [1.29, 1.82) is 0 Å². The zero-order chi connectivity index (χ0) is 28.6. The number of imidazole rings is 1. The summed E-state index contributed by atoms with van der Waals surface area (Å²) < 4.78 is 8.61. The number of urea groups is 1. The average molecular weight is 571 g/mol. The van der Waals surface area contributed by atoms with Gasteiger partial charge < -0.3 is 14.7 Å². The molecule has 0 aliphatic carbocycles. The van der Waals surface area contributed by atoms with Crippen molar-refractivity contribution in [3.8, 4) is 11.3 Å². The minimum atomic E-state index is -0.395. The first kappa shape index (κ1) is 27.0. The predicted molar refractivity (Wildman–Crippen MR) is 163 cm³/mol. The zero-order valence-corrected chi connectivity index (χ0v) is 24.4. The Balaban J connectivity index is 1.11. The molecule has 0 radical (unpaired) electrons. The number of fused-ring (bicyclic) bond motifs is 3. The molecule has 1 fully saturated rings. The van der Waals surface area contributed by atoms with Gasteiger partial charge in [-0.05, 0) is 55.5 Å². The van der Waals surface area contributed by atoms with Crippen LogP contribution in [0.15, 0.2) is 59.3 Å². The van der Waals surface area contributed by atoms with Crippen LogP contribution < -0.4 is 10.6 Å². The number of rotatable bonds is 6. The SMILES string of the molecule is CC(C)(C)c1cc(NC(=O)Nc2ccc(-c3cn4c(n3)sc3ccc(CCC(=O)N5CCCCC5)cc34)cc2)no1. The van der Waals surface area contributed by atoms with Crippen molar-refractivity contribution in [2.24, 2.45) is 0 Å². The third-order valence-corrected chi connectivity index (χ3v) is 8.46. The molecule has 6 rings (SSSR count). The van der Waals surface area contributed by atoms with Crippen molar-refractivity contribution in [2.75, 3.05) is 23.7 Å². The lowest BCUT2D eigenvalue weighted by atomic mass is 9.93. The van der Waals surface area contributed by atoms with Crippen LogP contribution in [0.25, 0.3) is 26.4 Å². The van der Waals surface area contributed by atoms with Crippen molar-refractivity contribution in [3.05, 3.63) is 66.1 Å². The Bertz CT molecular complexity index is 1700. The van der Waals surface area contributed by atoms with Crippen molar-refractivity contribution in [3.63, 3.8) is 0 Å². The number of benzene rings is 2. The van der Waals surface area contributed by atoms with E-state index in [9.17, 15) is 9.59 Å². The number of nitrogens with zero attached hydrogens (tertiary/aromatic N) is 4. The number of thiazole rings is 1. The summed E-state index contributed by atoms with van der Waals surface area (Å²) in [5.74, 6) is 1.32. The molecule has 1 aliphatic heterocycles. The number of nitrogens with one attached hydrogen (secondary N) is 2. The molecule has 0 unspecified atom stereocenters. The maximum Gasteiger partial charge on any atom is 0.324 e. The fourth-order valence-electron chi connectivity index (χ4n) is 5.08. The summed E-state index contributed by atoms with van der Waals surface area (Å²) in [7, 11) is 0. The number of anilines is 2. The van der Waals surface area contributed by atoms with Crippen LogP contribution in [0.2, 0.25) is 0 Å². The van der Waals surface area contributed by atoms with Crippen molar-refractivity contribution >= 4 is 50.0 Å². The summed E-state index contributed by atoms with van der Waals surface area (Å²) in [6.45, 7) is 7.84. The van der Waals surface area contributed by atoms with E-state index in [1.165, 1.54) is 6.42 Å². The number of likely N-dealkylation sites (tertiary alicyclic amines) is 1. The van der Waals surface area contributed by atoms with Gasteiger partial charge in [0.05, 0.1) is 15.9 Å². The molecule has 3 aromatic heterocycles.